The zero-order chi connectivity index (χ0) is 18.9. The number of hydrogen-bond acceptors (Lipinski definition) is 3. The van der Waals surface area contributed by atoms with Crippen LogP contribution in [0.25, 0.3) is 0 Å². The number of rotatable bonds is 7. The van der Waals surface area contributed by atoms with E-state index in [0.29, 0.717) is 6.54 Å². The molecule has 0 unspecified atom stereocenters. The zero-order valence-electron chi connectivity index (χ0n) is 15.8. The van der Waals surface area contributed by atoms with Crippen molar-refractivity contribution in [3.05, 3.63) is 56.2 Å². The van der Waals surface area contributed by atoms with Crippen LogP contribution in [-0.2, 0) is 13.0 Å². The van der Waals surface area contributed by atoms with Crippen molar-refractivity contribution in [1.82, 2.24) is 15.5 Å². The smallest absolute Gasteiger partial charge is 0.253 e. The van der Waals surface area contributed by atoms with Gasteiger partial charge in [-0.3, -0.25) is 4.79 Å². The standard InChI is InChI=1S/C19H25BrN4OS.HI/c1-4-21-19(23-12-17-11-16(20)13-26-17)22-9-8-14-6-5-7-15(10-14)18(25)24(2)3;/h5-7,10-11,13H,4,8-9,12H2,1-3H3,(H2,21,22,23);1H. The van der Waals surface area contributed by atoms with Crippen molar-refractivity contribution in [2.45, 2.75) is 19.9 Å². The Morgan fingerprint density at radius 2 is 2.04 bits per heavy atom. The number of amides is 1. The summed E-state index contributed by atoms with van der Waals surface area (Å²) in [5, 5.41) is 8.68. The van der Waals surface area contributed by atoms with Gasteiger partial charge >= 0.3 is 0 Å². The van der Waals surface area contributed by atoms with Gasteiger partial charge in [-0.15, -0.1) is 35.3 Å². The fourth-order valence-electron chi connectivity index (χ4n) is 2.38. The molecule has 0 saturated carbocycles. The maximum atomic E-state index is 12.1. The predicted molar refractivity (Wildman–Crippen MR) is 128 cm³/mol. The van der Waals surface area contributed by atoms with Crippen LogP contribution >= 0.6 is 51.2 Å². The molecule has 0 aliphatic heterocycles. The van der Waals surface area contributed by atoms with Gasteiger partial charge in [0.25, 0.3) is 5.91 Å². The van der Waals surface area contributed by atoms with Gasteiger partial charge in [-0.1, -0.05) is 12.1 Å². The molecule has 8 heteroatoms. The molecular weight excluding hydrogens is 539 g/mol. The normalized spacial score (nSPS) is 10.9. The second kappa shape index (κ2) is 12.4. The van der Waals surface area contributed by atoms with Gasteiger partial charge in [-0.05, 0) is 53.0 Å². The van der Waals surface area contributed by atoms with Crippen molar-refractivity contribution in [2.24, 2.45) is 4.99 Å². The van der Waals surface area contributed by atoms with Crippen LogP contribution in [0.15, 0.2) is 45.2 Å². The fraction of sp³-hybridized carbons (Fsp3) is 0.368. The lowest BCUT2D eigenvalue weighted by Gasteiger charge is -2.13. The highest BCUT2D eigenvalue weighted by Gasteiger charge is 2.08. The third-order valence-corrected chi connectivity index (χ3v) is 5.33. The zero-order valence-corrected chi connectivity index (χ0v) is 20.5. The lowest BCUT2D eigenvalue weighted by atomic mass is 10.1. The SMILES string of the molecule is CCNC(=NCc1cc(Br)cs1)NCCc1cccc(C(=O)N(C)C)c1.I. The van der Waals surface area contributed by atoms with E-state index in [-0.39, 0.29) is 29.9 Å². The number of nitrogens with zero attached hydrogens (tertiary/aromatic N) is 2. The number of benzene rings is 1. The third-order valence-electron chi connectivity index (χ3n) is 3.65. The van der Waals surface area contributed by atoms with Crippen LogP contribution < -0.4 is 10.6 Å². The number of nitrogens with one attached hydrogen (secondary N) is 2. The van der Waals surface area contributed by atoms with Crippen LogP contribution in [0.3, 0.4) is 0 Å². The Morgan fingerprint density at radius 3 is 2.67 bits per heavy atom. The molecule has 1 aromatic carbocycles. The summed E-state index contributed by atoms with van der Waals surface area (Å²) in [7, 11) is 3.53. The lowest BCUT2D eigenvalue weighted by molar-refractivity contribution is 0.0827. The van der Waals surface area contributed by atoms with Crippen LogP contribution in [0.2, 0.25) is 0 Å². The molecule has 1 aromatic heterocycles. The monoisotopic (exact) mass is 564 g/mol. The van der Waals surface area contributed by atoms with Gasteiger partial charge in [0.1, 0.15) is 0 Å². The Kier molecular flexibility index (Phi) is 10.9. The molecule has 148 valence electrons. The molecule has 2 N–H and O–H groups in total. The first kappa shape index (κ1) is 23.9. The van der Waals surface area contributed by atoms with E-state index in [4.69, 9.17) is 0 Å². The average Bonchev–Trinajstić information content (AvgIpc) is 3.04. The summed E-state index contributed by atoms with van der Waals surface area (Å²) in [6.07, 6.45) is 0.823. The maximum absolute atomic E-state index is 12.1. The summed E-state index contributed by atoms with van der Waals surface area (Å²) >= 11 is 5.16. The minimum Gasteiger partial charge on any atom is -0.357 e. The van der Waals surface area contributed by atoms with Gasteiger partial charge in [0.15, 0.2) is 5.96 Å². The van der Waals surface area contributed by atoms with Gasteiger partial charge in [-0.2, -0.15) is 0 Å². The number of carbonyl (C=O) groups is 1. The lowest BCUT2D eigenvalue weighted by Crippen LogP contribution is -2.38. The predicted octanol–water partition coefficient (Wildman–Crippen LogP) is 4.13. The van der Waals surface area contributed by atoms with Crippen molar-refractivity contribution >= 4 is 63.1 Å². The molecular formula is C19H26BrIN4OS. The Bertz CT molecular complexity index is 764. The van der Waals surface area contributed by atoms with E-state index in [1.165, 1.54) is 4.88 Å². The molecule has 0 spiro atoms. The van der Waals surface area contributed by atoms with Crippen molar-refractivity contribution in [3.63, 3.8) is 0 Å². The summed E-state index contributed by atoms with van der Waals surface area (Å²) in [6, 6.07) is 9.87. The summed E-state index contributed by atoms with van der Waals surface area (Å²) < 4.78 is 1.10. The highest BCUT2D eigenvalue weighted by atomic mass is 127. The largest absolute Gasteiger partial charge is 0.357 e. The molecule has 5 nitrogen and oxygen atoms in total. The summed E-state index contributed by atoms with van der Waals surface area (Å²) in [5.41, 5.74) is 1.85. The van der Waals surface area contributed by atoms with Crippen LogP contribution in [-0.4, -0.2) is 44.0 Å². The van der Waals surface area contributed by atoms with Crippen LogP contribution in [0.5, 0.6) is 0 Å². The first-order valence-corrected chi connectivity index (χ1v) is 10.2. The Balaban J connectivity index is 0.00000364. The van der Waals surface area contributed by atoms with Gasteiger partial charge in [0, 0.05) is 47.5 Å². The van der Waals surface area contributed by atoms with Crippen LogP contribution in [0.1, 0.15) is 27.7 Å². The van der Waals surface area contributed by atoms with E-state index in [0.717, 1.165) is 41.1 Å². The molecule has 1 amide bonds. The Morgan fingerprint density at radius 1 is 1.26 bits per heavy atom. The third kappa shape index (κ3) is 8.18. The highest BCUT2D eigenvalue weighted by molar-refractivity contribution is 14.0. The minimum atomic E-state index is 0. The Hall–Kier alpha value is -1.13. The van der Waals surface area contributed by atoms with Gasteiger partial charge in [0.2, 0.25) is 0 Å². The van der Waals surface area contributed by atoms with Crippen molar-refractivity contribution in [2.75, 3.05) is 27.2 Å². The summed E-state index contributed by atoms with van der Waals surface area (Å²) in [5.74, 6) is 0.828. The number of aliphatic imine (C=N–C) groups is 1. The summed E-state index contributed by atoms with van der Waals surface area (Å²) in [6.45, 7) is 4.26. The first-order chi connectivity index (χ1) is 12.5. The molecule has 0 aliphatic carbocycles. The Labute approximate surface area is 190 Å². The molecule has 0 bridgehead atoms. The molecule has 0 aliphatic rings. The van der Waals surface area contributed by atoms with Gasteiger partial charge in [-0.25, -0.2) is 4.99 Å². The first-order valence-electron chi connectivity index (χ1n) is 8.55. The molecule has 1 heterocycles. The molecule has 0 atom stereocenters. The van der Waals surface area contributed by atoms with Crippen molar-refractivity contribution in [1.29, 1.82) is 0 Å². The minimum absolute atomic E-state index is 0. The van der Waals surface area contributed by atoms with E-state index in [9.17, 15) is 4.79 Å². The van der Waals surface area contributed by atoms with Crippen molar-refractivity contribution in [3.8, 4) is 0 Å². The molecule has 0 radical (unpaired) electrons. The highest BCUT2D eigenvalue weighted by Crippen LogP contribution is 2.20. The van der Waals surface area contributed by atoms with E-state index < -0.39 is 0 Å². The summed E-state index contributed by atoms with van der Waals surface area (Å²) in [4.78, 5) is 19.5. The van der Waals surface area contributed by atoms with Crippen LogP contribution in [0.4, 0.5) is 0 Å². The fourth-order valence-corrected chi connectivity index (χ4v) is 3.75. The van der Waals surface area contributed by atoms with E-state index in [2.05, 4.69) is 49.9 Å². The van der Waals surface area contributed by atoms with E-state index in [1.807, 2.05) is 24.3 Å². The van der Waals surface area contributed by atoms with E-state index in [1.54, 1.807) is 30.3 Å². The number of carbonyl (C=O) groups excluding carboxylic acids is 1. The number of halogens is 2. The second-order valence-electron chi connectivity index (χ2n) is 6.00. The second-order valence-corrected chi connectivity index (χ2v) is 7.91. The molecule has 27 heavy (non-hydrogen) atoms. The molecule has 2 aromatic rings. The molecule has 0 saturated heterocycles. The van der Waals surface area contributed by atoms with Crippen molar-refractivity contribution < 1.29 is 4.79 Å². The molecule has 0 fully saturated rings. The van der Waals surface area contributed by atoms with Gasteiger partial charge in [0.05, 0.1) is 6.54 Å². The number of guanidine groups is 1. The van der Waals surface area contributed by atoms with Crippen LogP contribution in [0, 0.1) is 0 Å². The molecule has 2 rings (SSSR count). The maximum Gasteiger partial charge on any atom is 0.253 e. The number of thiophene rings is 1. The average molecular weight is 565 g/mol. The topological polar surface area (TPSA) is 56.7 Å². The van der Waals surface area contributed by atoms with E-state index >= 15 is 0 Å². The number of hydrogen-bond donors (Lipinski definition) is 2. The quantitative estimate of drug-likeness (QED) is 0.302. The van der Waals surface area contributed by atoms with Gasteiger partial charge < -0.3 is 15.5 Å².